The van der Waals surface area contributed by atoms with E-state index in [9.17, 15) is 18.0 Å². The maximum atomic E-state index is 12.3. The zero-order chi connectivity index (χ0) is 12.3. The van der Waals surface area contributed by atoms with Gasteiger partial charge in [0.1, 0.15) is 5.15 Å². The van der Waals surface area contributed by atoms with E-state index in [4.69, 9.17) is 17.3 Å². The molecule has 0 saturated heterocycles. The Hall–Kier alpha value is -1.14. The van der Waals surface area contributed by atoms with Gasteiger partial charge in [-0.15, -0.1) is 0 Å². The number of carbonyl (C=O) groups excluding carboxylic acids is 1. The van der Waals surface area contributed by atoms with E-state index in [0.29, 0.717) is 12.3 Å². The van der Waals surface area contributed by atoms with Gasteiger partial charge in [0.2, 0.25) is 0 Å². The van der Waals surface area contributed by atoms with E-state index in [-0.39, 0.29) is 23.7 Å². The van der Waals surface area contributed by atoms with Crippen LogP contribution in [0, 0.1) is 0 Å². The number of hydrogen-bond acceptors (Lipinski definition) is 3. The summed E-state index contributed by atoms with van der Waals surface area (Å²) < 4.78 is 37.0. The van der Waals surface area contributed by atoms with Gasteiger partial charge >= 0.3 is 6.18 Å². The molecule has 0 aliphatic rings. The van der Waals surface area contributed by atoms with E-state index in [0.717, 1.165) is 0 Å². The molecule has 0 saturated carbocycles. The number of carbonyl (C=O) groups is 1. The lowest BCUT2D eigenvalue weighted by Gasteiger charge is -2.08. The highest BCUT2D eigenvalue weighted by Gasteiger charge is 2.32. The molecule has 0 radical (unpaired) electrons. The Bertz CT molecular complexity index is 406. The van der Waals surface area contributed by atoms with Crippen LogP contribution in [0.15, 0.2) is 12.3 Å². The standard InChI is InChI=1S/C9H8ClF3N2O/c10-8-6(7(16)1-2-14)3-5(4-15-8)9(11,12)13/h3-4H,1-2,14H2. The second-order valence-electron chi connectivity index (χ2n) is 3.02. The third-order valence-electron chi connectivity index (χ3n) is 1.84. The molecule has 0 aromatic carbocycles. The van der Waals surface area contributed by atoms with Gasteiger partial charge in [-0.05, 0) is 12.6 Å². The first kappa shape index (κ1) is 12.9. The van der Waals surface area contributed by atoms with E-state index in [1.807, 2.05) is 0 Å². The highest BCUT2D eigenvalue weighted by Crippen LogP contribution is 2.30. The fraction of sp³-hybridized carbons (Fsp3) is 0.333. The van der Waals surface area contributed by atoms with Crippen LogP contribution in [0.1, 0.15) is 22.3 Å². The minimum atomic E-state index is -4.55. The number of ketones is 1. The normalized spacial score (nSPS) is 11.6. The molecule has 1 aromatic heterocycles. The molecule has 16 heavy (non-hydrogen) atoms. The molecule has 0 fully saturated rings. The number of Topliss-reactive ketones (excluding diaryl/α,β-unsaturated/α-hetero) is 1. The summed E-state index contributed by atoms with van der Waals surface area (Å²) >= 11 is 5.54. The predicted octanol–water partition coefficient (Wildman–Crippen LogP) is 2.29. The number of nitrogens with zero attached hydrogens (tertiary/aromatic N) is 1. The van der Waals surface area contributed by atoms with Gasteiger partial charge in [-0.1, -0.05) is 11.6 Å². The number of halogens is 4. The molecule has 0 spiro atoms. The van der Waals surface area contributed by atoms with Crippen LogP contribution in [0.4, 0.5) is 13.2 Å². The van der Waals surface area contributed by atoms with Crippen molar-refractivity contribution >= 4 is 17.4 Å². The number of aromatic nitrogens is 1. The Kier molecular flexibility index (Phi) is 3.88. The third kappa shape index (κ3) is 2.93. The number of nitrogens with two attached hydrogens (primary N) is 1. The fourth-order valence-electron chi connectivity index (χ4n) is 1.06. The number of hydrogen-bond donors (Lipinski definition) is 1. The van der Waals surface area contributed by atoms with Gasteiger partial charge in [-0.3, -0.25) is 4.79 Å². The van der Waals surface area contributed by atoms with E-state index in [1.165, 1.54) is 0 Å². The SMILES string of the molecule is NCCC(=O)c1cc(C(F)(F)F)cnc1Cl. The Morgan fingerprint density at radius 2 is 2.12 bits per heavy atom. The van der Waals surface area contributed by atoms with Crippen molar-refractivity contribution in [3.05, 3.63) is 28.5 Å². The molecule has 1 rings (SSSR count). The Morgan fingerprint density at radius 3 is 2.62 bits per heavy atom. The summed E-state index contributed by atoms with van der Waals surface area (Å²) in [6.07, 6.45) is -4.03. The molecule has 0 unspecified atom stereocenters. The maximum absolute atomic E-state index is 12.3. The van der Waals surface area contributed by atoms with Gasteiger partial charge in [0.05, 0.1) is 11.1 Å². The fourth-order valence-corrected chi connectivity index (χ4v) is 1.27. The lowest BCUT2D eigenvalue weighted by molar-refractivity contribution is -0.137. The molecule has 1 heterocycles. The first-order valence-electron chi connectivity index (χ1n) is 4.32. The largest absolute Gasteiger partial charge is 0.417 e. The number of rotatable bonds is 3. The van der Waals surface area contributed by atoms with Crippen LogP contribution in [0.3, 0.4) is 0 Å². The molecule has 7 heteroatoms. The van der Waals surface area contributed by atoms with Gasteiger partial charge < -0.3 is 5.73 Å². The van der Waals surface area contributed by atoms with Gasteiger partial charge in [0, 0.05) is 12.6 Å². The zero-order valence-electron chi connectivity index (χ0n) is 8.01. The second-order valence-corrected chi connectivity index (χ2v) is 3.38. The monoisotopic (exact) mass is 252 g/mol. The molecule has 0 atom stereocenters. The summed E-state index contributed by atoms with van der Waals surface area (Å²) in [7, 11) is 0. The van der Waals surface area contributed by atoms with Crippen LogP contribution in [0.5, 0.6) is 0 Å². The Labute approximate surface area is 94.4 Å². The van der Waals surface area contributed by atoms with Crippen molar-refractivity contribution in [1.82, 2.24) is 4.98 Å². The van der Waals surface area contributed by atoms with Gasteiger partial charge in [-0.25, -0.2) is 4.98 Å². The summed E-state index contributed by atoms with van der Waals surface area (Å²) in [6, 6.07) is 0.688. The van der Waals surface area contributed by atoms with Crippen molar-refractivity contribution in [3.63, 3.8) is 0 Å². The summed E-state index contributed by atoms with van der Waals surface area (Å²) in [5.41, 5.74) is 3.88. The van der Waals surface area contributed by atoms with Crippen LogP contribution in [-0.4, -0.2) is 17.3 Å². The van der Waals surface area contributed by atoms with Crippen molar-refractivity contribution in [2.45, 2.75) is 12.6 Å². The highest BCUT2D eigenvalue weighted by molar-refractivity contribution is 6.32. The quantitative estimate of drug-likeness (QED) is 0.663. The number of alkyl halides is 3. The van der Waals surface area contributed by atoms with Gasteiger partial charge in [-0.2, -0.15) is 13.2 Å². The van der Waals surface area contributed by atoms with Crippen LogP contribution < -0.4 is 5.73 Å². The smallest absolute Gasteiger partial charge is 0.330 e. The van der Waals surface area contributed by atoms with E-state index in [2.05, 4.69) is 4.98 Å². The van der Waals surface area contributed by atoms with E-state index in [1.54, 1.807) is 0 Å². The number of pyridine rings is 1. The first-order chi connectivity index (χ1) is 7.36. The van der Waals surface area contributed by atoms with Crippen LogP contribution in [0.25, 0.3) is 0 Å². The van der Waals surface area contributed by atoms with Gasteiger partial charge in [0.15, 0.2) is 5.78 Å². The van der Waals surface area contributed by atoms with Crippen molar-refractivity contribution in [2.75, 3.05) is 6.54 Å². The van der Waals surface area contributed by atoms with Gasteiger partial charge in [0.25, 0.3) is 0 Å². The van der Waals surface area contributed by atoms with Crippen molar-refractivity contribution < 1.29 is 18.0 Å². The molecular weight excluding hydrogens is 245 g/mol. The lowest BCUT2D eigenvalue weighted by atomic mass is 10.1. The topological polar surface area (TPSA) is 56.0 Å². The highest BCUT2D eigenvalue weighted by atomic mass is 35.5. The molecule has 1 aromatic rings. The summed E-state index contributed by atoms with van der Waals surface area (Å²) in [5.74, 6) is -0.550. The molecular formula is C9H8ClF3N2O. The van der Waals surface area contributed by atoms with E-state index >= 15 is 0 Å². The Morgan fingerprint density at radius 1 is 1.50 bits per heavy atom. The average molecular weight is 253 g/mol. The summed E-state index contributed by atoms with van der Waals surface area (Å²) in [5, 5.41) is -0.244. The van der Waals surface area contributed by atoms with Crippen LogP contribution >= 0.6 is 11.6 Å². The van der Waals surface area contributed by atoms with Crippen molar-refractivity contribution in [2.24, 2.45) is 5.73 Å². The molecule has 0 amide bonds. The summed E-state index contributed by atoms with van der Waals surface area (Å²) in [4.78, 5) is 14.7. The first-order valence-corrected chi connectivity index (χ1v) is 4.70. The Balaban J connectivity index is 3.14. The zero-order valence-corrected chi connectivity index (χ0v) is 8.77. The summed E-state index contributed by atoms with van der Waals surface area (Å²) in [6.45, 7) is 0.0470. The van der Waals surface area contributed by atoms with Crippen molar-refractivity contribution in [1.29, 1.82) is 0 Å². The molecule has 0 aliphatic carbocycles. The molecule has 2 N–H and O–H groups in total. The van der Waals surface area contributed by atoms with Crippen LogP contribution in [0.2, 0.25) is 5.15 Å². The molecule has 3 nitrogen and oxygen atoms in total. The third-order valence-corrected chi connectivity index (χ3v) is 2.14. The lowest BCUT2D eigenvalue weighted by Crippen LogP contribution is -2.12. The van der Waals surface area contributed by atoms with E-state index < -0.39 is 17.5 Å². The second kappa shape index (κ2) is 4.80. The molecule has 88 valence electrons. The predicted molar refractivity (Wildman–Crippen MR) is 52.3 cm³/mol. The molecule has 0 bridgehead atoms. The van der Waals surface area contributed by atoms with Crippen molar-refractivity contribution in [3.8, 4) is 0 Å². The minimum Gasteiger partial charge on any atom is -0.330 e. The maximum Gasteiger partial charge on any atom is 0.417 e. The molecule has 0 aliphatic heterocycles. The average Bonchev–Trinajstić information content (AvgIpc) is 2.16. The van der Waals surface area contributed by atoms with Crippen LogP contribution in [-0.2, 0) is 6.18 Å². The minimum absolute atomic E-state index is 0.0470.